The van der Waals surface area contributed by atoms with Gasteiger partial charge < -0.3 is 13.6 Å². The van der Waals surface area contributed by atoms with Crippen LogP contribution in [0, 0.1) is 6.92 Å². The summed E-state index contributed by atoms with van der Waals surface area (Å²) in [6.45, 7) is 1.82. The normalized spacial score (nSPS) is 11.7. The lowest BCUT2D eigenvalue weighted by atomic mass is 10.1. The zero-order chi connectivity index (χ0) is 21.0. The first-order valence-corrected chi connectivity index (χ1v) is 10.3. The molecule has 3 rings (SSSR count). The SMILES string of the molecule is Cc1ccc(-c2nnc(CCC(=O)OCc3ccc(S(=O)(=O)N(C)C)o3)o2)cc1. The molecule has 0 radical (unpaired) electrons. The van der Waals surface area contributed by atoms with Gasteiger partial charge in [-0.05, 0) is 31.2 Å². The maximum atomic E-state index is 12.0. The third kappa shape index (κ3) is 5.09. The van der Waals surface area contributed by atoms with Gasteiger partial charge in [0.1, 0.15) is 12.4 Å². The largest absolute Gasteiger partial charge is 0.457 e. The Kier molecular flexibility index (Phi) is 6.14. The second-order valence-corrected chi connectivity index (χ2v) is 8.62. The Morgan fingerprint density at radius 3 is 2.48 bits per heavy atom. The van der Waals surface area contributed by atoms with Gasteiger partial charge in [0.05, 0.1) is 6.42 Å². The molecule has 3 aromatic rings. The number of carbonyl (C=O) groups is 1. The minimum absolute atomic E-state index is 0.0408. The van der Waals surface area contributed by atoms with Crippen molar-refractivity contribution in [1.29, 1.82) is 0 Å². The smallest absolute Gasteiger partial charge is 0.306 e. The Morgan fingerprint density at radius 2 is 1.79 bits per heavy atom. The number of sulfonamides is 1. The summed E-state index contributed by atoms with van der Waals surface area (Å²) in [5.74, 6) is 0.459. The number of carbonyl (C=O) groups excluding carboxylic acids is 1. The fourth-order valence-corrected chi connectivity index (χ4v) is 3.17. The van der Waals surface area contributed by atoms with Gasteiger partial charge in [-0.15, -0.1) is 10.2 Å². The van der Waals surface area contributed by atoms with Crippen molar-refractivity contribution in [3.05, 3.63) is 53.6 Å². The first-order chi connectivity index (χ1) is 13.8. The minimum atomic E-state index is -3.67. The highest BCUT2D eigenvalue weighted by molar-refractivity contribution is 7.88. The fraction of sp³-hybridized carbons (Fsp3) is 0.316. The van der Waals surface area contributed by atoms with E-state index in [0.29, 0.717) is 11.8 Å². The molecule has 0 saturated heterocycles. The van der Waals surface area contributed by atoms with E-state index in [-0.39, 0.29) is 30.3 Å². The van der Waals surface area contributed by atoms with E-state index >= 15 is 0 Å². The van der Waals surface area contributed by atoms with Crippen LogP contribution < -0.4 is 0 Å². The maximum Gasteiger partial charge on any atom is 0.306 e. The standard InChI is InChI=1S/C19H21N3O6S/c1-13-4-6-14(7-5-13)19-21-20-16(28-19)9-10-17(23)26-12-15-8-11-18(27-15)29(24,25)22(2)3/h4-8,11H,9-10,12H2,1-3H3. The quantitative estimate of drug-likeness (QED) is 0.512. The lowest BCUT2D eigenvalue weighted by Gasteiger charge is -2.07. The maximum absolute atomic E-state index is 12.0. The van der Waals surface area contributed by atoms with Crippen molar-refractivity contribution in [3.8, 4) is 11.5 Å². The second kappa shape index (κ2) is 8.58. The van der Waals surface area contributed by atoms with Gasteiger partial charge in [0.15, 0.2) is 0 Å². The van der Waals surface area contributed by atoms with Gasteiger partial charge in [0.25, 0.3) is 10.0 Å². The predicted octanol–water partition coefficient (Wildman–Crippen LogP) is 2.56. The molecule has 0 aliphatic rings. The summed E-state index contributed by atoms with van der Waals surface area (Å²) >= 11 is 0. The van der Waals surface area contributed by atoms with Crippen molar-refractivity contribution in [3.63, 3.8) is 0 Å². The Balaban J connectivity index is 1.50. The molecule has 0 aliphatic heterocycles. The van der Waals surface area contributed by atoms with E-state index < -0.39 is 16.0 Å². The van der Waals surface area contributed by atoms with E-state index in [9.17, 15) is 13.2 Å². The molecule has 2 heterocycles. The summed E-state index contributed by atoms with van der Waals surface area (Å²) in [5.41, 5.74) is 1.93. The number of nitrogens with zero attached hydrogens (tertiary/aromatic N) is 3. The van der Waals surface area contributed by atoms with Crippen molar-refractivity contribution >= 4 is 16.0 Å². The number of furan rings is 1. The third-order valence-electron chi connectivity index (χ3n) is 4.06. The molecule has 154 valence electrons. The molecule has 0 amide bonds. The average molecular weight is 419 g/mol. The first-order valence-electron chi connectivity index (χ1n) is 8.82. The van der Waals surface area contributed by atoms with Gasteiger partial charge >= 0.3 is 5.97 Å². The molecule has 1 aromatic carbocycles. The average Bonchev–Trinajstić information content (AvgIpc) is 3.35. The van der Waals surface area contributed by atoms with Crippen LogP contribution in [-0.4, -0.2) is 43.0 Å². The van der Waals surface area contributed by atoms with Crippen LogP contribution in [0.25, 0.3) is 11.5 Å². The summed E-state index contributed by atoms with van der Waals surface area (Å²) in [6.07, 6.45) is 0.273. The molecule has 0 fully saturated rings. The molecule has 0 bridgehead atoms. The molecule has 0 saturated carbocycles. The fourth-order valence-electron chi connectivity index (χ4n) is 2.35. The number of aryl methyl sites for hydroxylation is 2. The molecule has 9 nitrogen and oxygen atoms in total. The molecule has 29 heavy (non-hydrogen) atoms. The van der Waals surface area contributed by atoms with Gasteiger partial charge in [-0.25, -0.2) is 12.7 Å². The van der Waals surface area contributed by atoms with E-state index in [1.807, 2.05) is 31.2 Å². The minimum Gasteiger partial charge on any atom is -0.457 e. The Bertz CT molecular complexity index is 1080. The lowest BCUT2D eigenvalue weighted by Crippen LogP contribution is -2.21. The third-order valence-corrected chi connectivity index (χ3v) is 5.75. The van der Waals surface area contributed by atoms with Crippen LogP contribution in [0.5, 0.6) is 0 Å². The van der Waals surface area contributed by atoms with E-state index in [4.69, 9.17) is 13.6 Å². The van der Waals surface area contributed by atoms with E-state index in [1.165, 1.54) is 26.2 Å². The Labute approximate surface area is 168 Å². The summed E-state index contributed by atoms with van der Waals surface area (Å²) < 4.78 is 40.9. The van der Waals surface area contributed by atoms with Gasteiger partial charge in [-0.2, -0.15) is 0 Å². The number of esters is 1. The number of hydrogen-bond donors (Lipinski definition) is 0. The summed E-state index contributed by atoms with van der Waals surface area (Å²) in [7, 11) is -0.861. The number of ether oxygens (including phenoxy) is 1. The summed E-state index contributed by atoms with van der Waals surface area (Å²) in [4.78, 5) is 11.9. The van der Waals surface area contributed by atoms with Crippen molar-refractivity contribution in [2.75, 3.05) is 14.1 Å². The number of benzene rings is 1. The first kappa shape index (κ1) is 20.7. The van der Waals surface area contributed by atoms with Gasteiger partial charge in [0, 0.05) is 26.1 Å². The van der Waals surface area contributed by atoms with Gasteiger partial charge in [-0.1, -0.05) is 17.7 Å². The number of aromatic nitrogens is 2. The second-order valence-electron chi connectivity index (χ2n) is 6.54. The van der Waals surface area contributed by atoms with Crippen LogP contribution in [0.1, 0.15) is 23.6 Å². The molecule has 0 unspecified atom stereocenters. The topological polar surface area (TPSA) is 116 Å². The molecule has 2 aromatic heterocycles. The van der Waals surface area contributed by atoms with Crippen molar-refractivity contribution in [2.45, 2.75) is 31.5 Å². The highest BCUT2D eigenvalue weighted by Crippen LogP contribution is 2.19. The molecular formula is C19H21N3O6S. The molecule has 0 spiro atoms. The van der Waals surface area contributed by atoms with Crippen molar-refractivity contribution < 1.29 is 26.8 Å². The molecule has 0 aliphatic carbocycles. The highest BCUT2D eigenvalue weighted by Gasteiger charge is 2.21. The highest BCUT2D eigenvalue weighted by atomic mass is 32.2. The zero-order valence-corrected chi connectivity index (χ0v) is 17.1. The van der Waals surface area contributed by atoms with Crippen LogP contribution in [0.3, 0.4) is 0 Å². The van der Waals surface area contributed by atoms with Crippen LogP contribution in [0.15, 0.2) is 50.3 Å². The summed E-state index contributed by atoms with van der Waals surface area (Å²) in [6, 6.07) is 10.4. The van der Waals surface area contributed by atoms with Gasteiger partial charge in [-0.3, -0.25) is 4.79 Å². The predicted molar refractivity (Wildman–Crippen MR) is 102 cm³/mol. The Morgan fingerprint density at radius 1 is 1.07 bits per heavy atom. The van der Waals surface area contributed by atoms with Crippen molar-refractivity contribution in [2.24, 2.45) is 0 Å². The van der Waals surface area contributed by atoms with Gasteiger partial charge in [0.2, 0.25) is 16.9 Å². The van der Waals surface area contributed by atoms with E-state index in [0.717, 1.165) is 15.4 Å². The van der Waals surface area contributed by atoms with Crippen LogP contribution in [0.4, 0.5) is 0 Å². The summed E-state index contributed by atoms with van der Waals surface area (Å²) in [5, 5.41) is 7.72. The molecule has 0 N–H and O–H groups in total. The van der Waals surface area contributed by atoms with Crippen LogP contribution in [-0.2, 0) is 32.6 Å². The monoisotopic (exact) mass is 419 g/mol. The van der Waals surface area contributed by atoms with Crippen molar-refractivity contribution in [1.82, 2.24) is 14.5 Å². The van der Waals surface area contributed by atoms with Crippen LogP contribution in [0.2, 0.25) is 0 Å². The lowest BCUT2D eigenvalue weighted by molar-refractivity contribution is -0.145. The Hall–Kier alpha value is -2.98. The number of hydrogen-bond acceptors (Lipinski definition) is 8. The molecule has 10 heteroatoms. The van der Waals surface area contributed by atoms with Crippen LogP contribution >= 0.6 is 0 Å². The zero-order valence-electron chi connectivity index (χ0n) is 16.3. The molecule has 0 atom stereocenters. The number of rotatable bonds is 8. The molecular weight excluding hydrogens is 398 g/mol. The van der Waals surface area contributed by atoms with E-state index in [2.05, 4.69) is 10.2 Å². The van der Waals surface area contributed by atoms with E-state index in [1.54, 1.807) is 0 Å².